The lowest BCUT2D eigenvalue weighted by Gasteiger charge is -2.10. The lowest BCUT2D eigenvalue weighted by molar-refractivity contribution is -0.120. The summed E-state index contributed by atoms with van der Waals surface area (Å²) in [6.45, 7) is 1.17. The van der Waals surface area contributed by atoms with Crippen molar-refractivity contribution < 1.29 is 9.53 Å². The van der Waals surface area contributed by atoms with Crippen molar-refractivity contribution in [3.8, 4) is 5.75 Å². The van der Waals surface area contributed by atoms with Crippen molar-refractivity contribution in [1.82, 2.24) is 10.3 Å². The van der Waals surface area contributed by atoms with Crippen LogP contribution < -0.4 is 10.1 Å². The zero-order chi connectivity index (χ0) is 14.7. The average molecular weight is 347 g/mol. The quantitative estimate of drug-likeness (QED) is 0.925. The third-order valence-corrected chi connectivity index (χ3v) is 3.83. The minimum atomic E-state index is -0.0413. The molecule has 0 radical (unpaired) electrons. The van der Waals surface area contributed by atoms with Crippen LogP contribution in [0.4, 0.5) is 0 Å². The molecule has 108 valence electrons. The molecule has 1 aliphatic heterocycles. The highest BCUT2D eigenvalue weighted by Gasteiger charge is 2.17. The smallest absolute Gasteiger partial charge is 0.226 e. The summed E-state index contributed by atoms with van der Waals surface area (Å²) in [5.74, 6) is 0.872. The highest BCUT2D eigenvalue weighted by molar-refractivity contribution is 9.10. The normalized spacial score (nSPS) is 12.6. The summed E-state index contributed by atoms with van der Waals surface area (Å²) in [7, 11) is 0. The maximum Gasteiger partial charge on any atom is 0.226 e. The number of ether oxygens (including phenoxy) is 1. The summed E-state index contributed by atoms with van der Waals surface area (Å²) >= 11 is 3.50. The minimum absolute atomic E-state index is 0.0413. The number of carbonyl (C=O) groups excluding carboxylic acids is 1. The van der Waals surface area contributed by atoms with Crippen LogP contribution in [-0.2, 0) is 24.2 Å². The third-order valence-electron chi connectivity index (χ3n) is 3.37. The molecular weight excluding hydrogens is 332 g/mol. The molecule has 0 atom stereocenters. The number of rotatable bonds is 4. The van der Waals surface area contributed by atoms with E-state index in [0.717, 1.165) is 27.9 Å². The third kappa shape index (κ3) is 3.42. The van der Waals surface area contributed by atoms with Crippen LogP contribution in [0.5, 0.6) is 5.75 Å². The van der Waals surface area contributed by atoms with Crippen molar-refractivity contribution in [2.24, 2.45) is 0 Å². The first kappa shape index (κ1) is 14.1. The minimum Gasteiger partial charge on any atom is -0.493 e. The van der Waals surface area contributed by atoms with Gasteiger partial charge in [-0.05, 0) is 29.8 Å². The van der Waals surface area contributed by atoms with Crippen LogP contribution in [0.15, 0.2) is 41.0 Å². The Morgan fingerprint density at radius 1 is 1.38 bits per heavy atom. The van der Waals surface area contributed by atoms with Gasteiger partial charge in [0.2, 0.25) is 5.91 Å². The Morgan fingerprint density at radius 2 is 2.29 bits per heavy atom. The van der Waals surface area contributed by atoms with Crippen molar-refractivity contribution >= 4 is 21.8 Å². The lowest BCUT2D eigenvalue weighted by Crippen LogP contribution is -2.25. The molecule has 1 amide bonds. The van der Waals surface area contributed by atoms with Gasteiger partial charge in [-0.25, -0.2) is 0 Å². The van der Waals surface area contributed by atoms with Gasteiger partial charge >= 0.3 is 0 Å². The molecule has 2 heterocycles. The molecule has 0 saturated carbocycles. The second kappa shape index (κ2) is 6.26. The number of hydrogen-bond donors (Lipinski definition) is 1. The van der Waals surface area contributed by atoms with Crippen molar-refractivity contribution in [3.05, 3.63) is 57.8 Å². The van der Waals surface area contributed by atoms with Crippen LogP contribution in [0.2, 0.25) is 0 Å². The number of carbonyl (C=O) groups is 1. The van der Waals surface area contributed by atoms with Gasteiger partial charge in [-0.2, -0.15) is 0 Å². The summed E-state index contributed by atoms with van der Waals surface area (Å²) in [4.78, 5) is 16.1. The fraction of sp³-hybridized carbons (Fsp3) is 0.250. The summed E-state index contributed by atoms with van der Waals surface area (Å²) < 4.78 is 6.67. The highest BCUT2D eigenvalue weighted by atomic mass is 79.9. The number of aromatic nitrogens is 1. The first-order valence-electron chi connectivity index (χ1n) is 6.83. The van der Waals surface area contributed by atoms with Crippen LogP contribution in [-0.4, -0.2) is 17.5 Å². The predicted molar refractivity (Wildman–Crippen MR) is 83.1 cm³/mol. The van der Waals surface area contributed by atoms with Gasteiger partial charge < -0.3 is 10.1 Å². The van der Waals surface area contributed by atoms with Gasteiger partial charge in [0.1, 0.15) is 5.75 Å². The molecular formula is C16H15BrN2O2. The maximum absolute atomic E-state index is 12.0. The van der Waals surface area contributed by atoms with Gasteiger partial charge in [0.05, 0.1) is 13.0 Å². The first-order valence-corrected chi connectivity index (χ1v) is 7.62. The molecule has 1 aliphatic rings. The number of halogens is 1. The van der Waals surface area contributed by atoms with E-state index in [9.17, 15) is 4.79 Å². The SMILES string of the molecule is O=C(Cc1ccccn1)NCc1cc(Br)cc2c1OCC2. The van der Waals surface area contributed by atoms with Gasteiger partial charge in [-0.1, -0.05) is 22.0 Å². The molecule has 0 fully saturated rings. The summed E-state index contributed by atoms with van der Waals surface area (Å²) in [6, 6.07) is 9.63. The molecule has 1 aromatic heterocycles. The van der Waals surface area contributed by atoms with Gasteiger partial charge in [0.25, 0.3) is 0 Å². The standard InChI is InChI=1S/C16H15BrN2O2/c17-13-7-11-4-6-21-16(11)12(8-13)10-19-15(20)9-14-3-1-2-5-18-14/h1-3,5,7-8H,4,6,9-10H2,(H,19,20). The van der Waals surface area contributed by atoms with Gasteiger partial charge in [-0.3, -0.25) is 9.78 Å². The van der Waals surface area contributed by atoms with Crippen LogP contribution in [0.25, 0.3) is 0 Å². The predicted octanol–water partition coefficient (Wildman–Crippen LogP) is 2.64. The second-order valence-corrected chi connectivity index (χ2v) is 5.84. The van der Waals surface area contributed by atoms with E-state index in [4.69, 9.17) is 4.74 Å². The molecule has 1 aromatic carbocycles. The number of hydrogen-bond acceptors (Lipinski definition) is 3. The van der Waals surface area contributed by atoms with E-state index < -0.39 is 0 Å². The lowest BCUT2D eigenvalue weighted by atomic mass is 10.1. The van der Waals surface area contributed by atoms with Crippen LogP contribution in [0.1, 0.15) is 16.8 Å². The average Bonchev–Trinajstić information content (AvgIpc) is 2.94. The highest BCUT2D eigenvalue weighted by Crippen LogP contribution is 2.32. The van der Waals surface area contributed by atoms with Gasteiger partial charge in [0, 0.05) is 34.9 Å². The first-order chi connectivity index (χ1) is 10.2. The van der Waals surface area contributed by atoms with E-state index in [2.05, 4.69) is 32.3 Å². The number of pyridine rings is 1. The van der Waals surface area contributed by atoms with E-state index in [1.807, 2.05) is 24.3 Å². The number of benzene rings is 1. The zero-order valence-electron chi connectivity index (χ0n) is 11.4. The molecule has 3 rings (SSSR count). The summed E-state index contributed by atoms with van der Waals surface area (Å²) in [6.07, 6.45) is 2.90. The maximum atomic E-state index is 12.0. The molecule has 5 heteroatoms. The van der Waals surface area contributed by atoms with Crippen LogP contribution in [0.3, 0.4) is 0 Å². The molecule has 0 unspecified atom stereocenters. The Morgan fingerprint density at radius 3 is 3.10 bits per heavy atom. The monoisotopic (exact) mass is 346 g/mol. The Hall–Kier alpha value is -1.88. The fourth-order valence-electron chi connectivity index (χ4n) is 2.40. The van der Waals surface area contributed by atoms with Gasteiger partial charge in [-0.15, -0.1) is 0 Å². The largest absolute Gasteiger partial charge is 0.493 e. The number of amides is 1. The molecule has 2 aromatic rings. The summed E-state index contributed by atoms with van der Waals surface area (Å²) in [5.41, 5.74) is 2.97. The Labute approximate surface area is 131 Å². The zero-order valence-corrected chi connectivity index (χ0v) is 13.0. The van der Waals surface area contributed by atoms with Crippen molar-refractivity contribution in [1.29, 1.82) is 0 Å². The Bertz CT molecular complexity index is 659. The Balaban J connectivity index is 1.64. The van der Waals surface area contributed by atoms with E-state index in [0.29, 0.717) is 13.2 Å². The number of fused-ring (bicyclic) bond motifs is 1. The van der Waals surface area contributed by atoms with Crippen LogP contribution in [0, 0.1) is 0 Å². The molecule has 1 N–H and O–H groups in total. The molecule has 4 nitrogen and oxygen atoms in total. The van der Waals surface area contributed by atoms with Crippen molar-refractivity contribution in [2.45, 2.75) is 19.4 Å². The molecule has 0 spiro atoms. The van der Waals surface area contributed by atoms with E-state index in [-0.39, 0.29) is 12.3 Å². The fourth-order valence-corrected chi connectivity index (χ4v) is 2.95. The number of nitrogens with zero attached hydrogens (tertiary/aromatic N) is 1. The summed E-state index contributed by atoms with van der Waals surface area (Å²) in [5, 5.41) is 2.92. The molecule has 0 aliphatic carbocycles. The number of nitrogens with one attached hydrogen (secondary N) is 1. The van der Waals surface area contributed by atoms with E-state index in [1.54, 1.807) is 6.20 Å². The molecule has 21 heavy (non-hydrogen) atoms. The van der Waals surface area contributed by atoms with Crippen molar-refractivity contribution in [3.63, 3.8) is 0 Å². The van der Waals surface area contributed by atoms with Gasteiger partial charge in [0.15, 0.2) is 0 Å². The topological polar surface area (TPSA) is 51.2 Å². The molecule has 0 bridgehead atoms. The Kier molecular flexibility index (Phi) is 4.20. The van der Waals surface area contributed by atoms with Crippen LogP contribution >= 0.6 is 15.9 Å². The van der Waals surface area contributed by atoms with Crippen molar-refractivity contribution in [2.75, 3.05) is 6.61 Å². The molecule has 0 saturated heterocycles. The van der Waals surface area contributed by atoms with E-state index >= 15 is 0 Å². The van der Waals surface area contributed by atoms with E-state index in [1.165, 1.54) is 5.56 Å². The second-order valence-electron chi connectivity index (χ2n) is 4.93.